The van der Waals surface area contributed by atoms with Crippen LogP contribution in [0.3, 0.4) is 0 Å². The summed E-state index contributed by atoms with van der Waals surface area (Å²) in [5, 5.41) is 0. The molecule has 0 unspecified atom stereocenters. The molecular formula is C12H21N3O2. The van der Waals surface area contributed by atoms with Gasteiger partial charge in [-0.3, -0.25) is 0 Å². The van der Waals surface area contributed by atoms with Gasteiger partial charge in [0.05, 0.1) is 25.4 Å². The third kappa shape index (κ3) is 5.63. The Labute approximate surface area is 102 Å². The van der Waals surface area contributed by atoms with Crippen LogP contribution in [0.1, 0.15) is 26.3 Å². The zero-order chi connectivity index (χ0) is 12.7. The van der Waals surface area contributed by atoms with Crippen molar-refractivity contribution in [2.24, 2.45) is 5.84 Å². The van der Waals surface area contributed by atoms with Gasteiger partial charge in [-0.05, 0) is 26.8 Å². The predicted molar refractivity (Wildman–Crippen MR) is 67.4 cm³/mol. The number of hydrazine groups is 1. The summed E-state index contributed by atoms with van der Waals surface area (Å²) >= 11 is 0. The van der Waals surface area contributed by atoms with E-state index >= 15 is 0 Å². The molecule has 0 aromatic carbocycles. The molecule has 1 heterocycles. The van der Waals surface area contributed by atoms with Gasteiger partial charge in [0.1, 0.15) is 5.82 Å². The molecule has 3 N–H and O–H groups in total. The highest BCUT2D eigenvalue weighted by atomic mass is 16.5. The van der Waals surface area contributed by atoms with E-state index in [2.05, 4.69) is 10.4 Å². The first-order chi connectivity index (χ1) is 8.03. The SMILES string of the molecule is CC(C)(C)OCCOCc1cccnc1NN. The minimum absolute atomic E-state index is 0.123. The van der Waals surface area contributed by atoms with Gasteiger partial charge in [0, 0.05) is 11.8 Å². The van der Waals surface area contributed by atoms with Gasteiger partial charge in [0.2, 0.25) is 0 Å². The van der Waals surface area contributed by atoms with Gasteiger partial charge < -0.3 is 14.9 Å². The second-order valence-electron chi connectivity index (χ2n) is 4.67. The van der Waals surface area contributed by atoms with Crippen molar-refractivity contribution >= 4 is 5.82 Å². The van der Waals surface area contributed by atoms with Gasteiger partial charge in [-0.2, -0.15) is 0 Å². The molecule has 96 valence electrons. The zero-order valence-corrected chi connectivity index (χ0v) is 10.7. The van der Waals surface area contributed by atoms with Crippen molar-refractivity contribution in [3.05, 3.63) is 23.9 Å². The van der Waals surface area contributed by atoms with Crippen LogP contribution in [0.2, 0.25) is 0 Å². The molecule has 0 saturated heterocycles. The van der Waals surface area contributed by atoms with E-state index in [-0.39, 0.29) is 5.60 Å². The van der Waals surface area contributed by atoms with E-state index in [0.717, 1.165) is 5.56 Å². The maximum atomic E-state index is 5.54. The number of pyridine rings is 1. The molecule has 5 heteroatoms. The fourth-order valence-electron chi connectivity index (χ4n) is 1.27. The number of nitrogens with two attached hydrogens (primary N) is 1. The first-order valence-electron chi connectivity index (χ1n) is 5.65. The van der Waals surface area contributed by atoms with Gasteiger partial charge in [-0.1, -0.05) is 6.07 Å². The first kappa shape index (κ1) is 13.9. The van der Waals surface area contributed by atoms with Crippen LogP contribution >= 0.6 is 0 Å². The molecule has 0 aliphatic carbocycles. The van der Waals surface area contributed by atoms with E-state index < -0.39 is 0 Å². The molecule has 0 radical (unpaired) electrons. The molecule has 1 aromatic heterocycles. The fraction of sp³-hybridized carbons (Fsp3) is 0.583. The van der Waals surface area contributed by atoms with Crippen LogP contribution in [0.15, 0.2) is 18.3 Å². The third-order valence-corrected chi connectivity index (χ3v) is 2.05. The van der Waals surface area contributed by atoms with Crippen molar-refractivity contribution in [1.29, 1.82) is 0 Å². The van der Waals surface area contributed by atoms with Crippen molar-refractivity contribution in [1.82, 2.24) is 4.98 Å². The lowest BCUT2D eigenvalue weighted by Crippen LogP contribution is -2.21. The maximum Gasteiger partial charge on any atom is 0.145 e. The summed E-state index contributed by atoms with van der Waals surface area (Å²) in [6.07, 6.45) is 1.68. The van der Waals surface area contributed by atoms with Gasteiger partial charge in [0.15, 0.2) is 0 Å². The van der Waals surface area contributed by atoms with Crippen LogP contribution in [-0.2, 0) is 16.1 Å². The third-order valence-electron chi connectivity index (χ3n) is 2.05. The molecule has 0 amide bonds. The Morgan fingerprint density at radius 3 is 2.76 bits per heavy atom. The minimum atomic E-state index is -0.123. The zero-order valence-electron chi connectivity index (χ0n) is 10.7. The van der Waals surface area contributed by atoms with Gasteiger partial charge in [-0.25, -0.2) is 10.8 Å². The van der Waals surface area contributed by atoms with Crippen LogP contribution in [0.4, 0.5) is 5.82 Å². The number of hydrogen-bond acceptors (Lipinski definition) is 5. The smallest absolute Gasteiger partial charge is 0.145 e. The van der Waals surface area contributed by atoms with Crippen molar-refractivity contribution in [2.45, 2.75) is 33.0 Å². The largest absolute Gasteiger partial charge is 0.374 e. The summed E-state index contributed by atoms with van der Waals surface area (Å²) in [4.78, 5) is 4.09. The lowest BCUT2D eigenvalue weighted by molar-refractivity contribution is -0.0376. The van der Waals surface area contributed by atoms with Gasteiger partial charge >= 0.3 is 0 Å². The summed E-state index contributed by atoms with van der Waals surface area (Å²) < 4.78 is 11.0. The fourth-order valence-corrected chi connectivity index (χ4v) is 1.27. The number of nitrogen functional groups attached to an aromatic ring is 1. The quantitative estimate of drug-likeness (QED) is 0.449. The second kappa shape index (κ2) is 6.54. The molecule has 5 nitrogen and oxygen atoms in total. The molecule has 0 saturated carbocycles. The monoisotopic (exact) mass is 239 g/mol. The average molecular weight is 239 g/mol. The molecule has 0 atom stereocenters. The van der Waals surface area contributed by atoms with E-state index in [9.17, 15) is 0 Å². The molecule has 0 spiro atoms. The van der Waals surface area contributed by atoms with E-state index in [1.807, 2.05) is 32.9 Å². The number of nitrogens with zero attached hydrogens (tertiary/aromatic N) is 1. The normalized spacial score (nSPS) is 11.5. The maximum absolute atomic E-state index is 5.54. The lowest BCUT2D eigenvalue weighted by Gasteiger charge is -2.19. The molecule has 0 aliphatic heterocycles. The van der Waals surface area contributed by atoms with Crippen molar-refractivity contribution < 1.29 is 9.47 Å². The van der Waals surface area contributed by atoms with Crippen LogP contribution < -0.4 is 11.3 Å². The van der Waals surface area contributed by atoms with Crippen LogP contribution in [0, 0.1) is 0 Å². The highest BCUT2D eigenvalue weighted by molar-refractivity contribution is 5.41. The minimum Gasteiger partial charge on any atom is -0.374 e. The van der Waals surface area contributed by atoms with E-state index in [0.29, 0.717) is 25.6 Å². The topological polar surface area (TPSA) is 69.4 Å². The summed E-state index contributed by atoms with van der Waals surface area (Å²) in [5.41, 5.74) is 3.35. The van der Waals surface area contributed by atoms with Crippen LogP contribution in [0.25, 0.3) is 0 Å². The number of aromatic nitrogens is 1. The van der Waals surface area contributed by atoms with Gasteiger partial charge in [0.25, 0.3) is 0 Å². The van der Waals surface area contributed by atoms with E-state index in [1.54, 1.807) is 6.20 Å². The first-order valence-corrected chi connectivity index (χ1v) is 5.65. The molecule has 17 heavy (non-hydrogen) atoms. The van der Waals surface area contributed by atoms with Crippen molar-refractivity contribution in [2.75, 3.05) is 18.6 Å². The van der Waals surface area contributed by atoms with Crippen LogP contribution in [-0.4, -0.2) is 23.8 Å². The Bertz CT molecular complexity index is 337. The van der Waals surface area contributed by atoms with Crippen molar-refractivity contribution in [3.8, 4) is 0 Å². The molecule has 0 aliphatic rings. The highest BCUT2D eigenvalue weighted by Gasteiger charge is 2.09. The highest BCUT2D eigenvalue weighted by Crippen LogP contribution is 2.11. The average Bonchev–Trinajstić information content (AvgIpc) is 2.27. The summed E-state index contributed by atoms with van der Waals surface area (Å²) in [6, 6.07) is 3.78. The number of anilines is 1. The summed E-state index contributed by atoms with van der Waals surface area (Å²) in [6.45, 7) is 7.66. The molecular weight excluding hydrogens is 218 g/mol. The molecule has 0 fully saturated rings. The second-order valence-corrected chi connectivity index (χ2v) is 4.67. The van der Waals surface area contributed by atoms with E-state index in [4.69, 9.17) is 15.3 Å². The Hall–Kier alpha value is -1.17. The standard InChI is InChI=1S/C12H21N3O2/c1-12(2,3)17-8-7-16-9-10-5-4-6-14-11(10)15-13/h4-6H,7-9,13H2,1-3H3,(H,14,15). The number of rotatable bonds is 6. The predicted octanol–water partition coefficient (Wildman–Crippen LogP) is 1.70. The Balaban J connectivity index is 2.27. The number of nitrogens with one attached hydrogen (secondary N) is 1. The Morgan fingerprint density at radius 1 is 1.35 bits per heavy atom. The summed E-state index contributed by atoms with van der Waals surface area (Å²) in [5.74, 6) is 5.99. The number of ether oxygens (including phenoxy) is 2. The number of hydrogen-bond donors (Lipinski definition) is 2. The Morgan fingerprint density at radius 2 is 2.12 bits per heavy atom. The molecule has 1 rings (SSSR count). The van der Waals surface area contributed by atoms with Gasteiger partial charge in [-0.15, -0.1) is 0 Å². The van der Waals surface area contributed by atoms with Crippen LogP contribution in [0.5, 0.6) is 0 Å². The van der Waals surface area contributed by atoms with E-state index in [1.165, 1.54) is 0 Å². The molecule has 1 aromatic rings. The Kier molecular flexibility index (Phi) is 5.34. The lowest BCUT2D eigenvalue weighted by atomic mass is 10.2. The van der Waals surface area contributed by atoms with Crippen molar-refractivity contribution in [3.63, 3.8) is 0 Å². The summed E-state index contributed by atoms with van der Waals surface area (Å²) in [7, 11) is 0. The molecule has 0 bridgehead atoms.